The number of halogens is 1. The summed E-state index contributed by atoms with van der Waals surface area (Å²) in [6.07, 6.45) is 0. The molecule has 8 heteroatoms. The third kappa shape index (κ3) is 3.94. The summed E-state index contributed by atoms with van der Waals surface area (Å²) in [5, 5.41) is 1.89. The van der Waals surface area contributed by atoms with Gasteiger partial charge in [-0.2, -0.15) is 4.31 Å². The Labute approximate surface area is 129 Å². The van der Waals surface area contributed by atoms with Crippen LogP contribution >= 0.6 is 11.6 Å². The van der Waals surface area contributed by atoms with Gasteiger partial charge in [-0.3, -0.25) is 4.79 Å². The number of carbonyl (C=O) groups is 1. The number of carbonyl (C=O) groups excluding carboxylic acids is 1. The molecule has 1 aromatic carbocycles. The van der Waals surface area contributed by atoms with Gasteiger partial charge in [-0.05, 0) is 25.1 Å². The first-order valence-corrected chi connectivity index (χ1v) is 8.42. The van der Waals surface area contributed by atoms with E-state index in [0.717, 1.165) is 0 Å². The van der Waals surface area contributed by atoms with E-state index >= 15 is 0 Å². The first-order valence-electron chi connectivity index (χ1n) is 6.54. The van der Waals surface area contributed by atoms with Gasteiger partial charge in [0.2, 0.25) is 15.9 Å². The summed E-state index contributed by atoms with van der Waals surface area (Å²) in [4.78, 5) is 11.7. The molecular formula is C13H17ClN2O4S. The Morgan fingerprint density at radius 3 is 2.67 bits per heavy atom. The number of morpholine rings is 1. The predicted octanol–water partition coefficient (Wildman–Crippen LogP) is 1.27. The van der Waals surface area contributed by atoms with Gasteiger partial charge in [-0.15, -0.1) is 11.6 Å². The van der Waals surface area contributed by atoms with Crippen molar-refractivity contribution in [2.45, 2.75) is 17.2 Å². The standard InChI is InChI=1S/C13H17ClN2O4S/c1-10(14)13(17)15-11-3-2-4-12(9-11)21(18,19)16-5-7-20-8-6-16/h2-4,9-10H,5-8H2,1H3,(H,15,17)/t10-/m0/s1. The highest BCUT2D eigenvalue weighted by Gasteiger charge is 2.26. The van der Waals surface area contributed by atoms with Gasteiger partial charge in [0.15, 0.2) is 0 Å². The Hall–Kier alpha value is -1.15. The zero-order chi connectivity index (χ0) is 15.5. The summed E-state index contributed by atoms with van der Waals surface area (Å²) >= 11 is 5.68. The normalized spacial score (nSPS) is 18.2. The van der Waals surface area contributed by atoms with Crippen molar-refractivity contribution in [3.05, 3.63) is 24.3 Å². The molecule has 1 saturated heterocycles. The number of amides is 1. The third-order valence-corrected chi connectivity index (χ3v) is 5.16. The lowest BCUT2D eigenvalue weighted by Gasteiger charge is -2.26. The van der Waals surface area contributed by atoms with Crippen molar-refractivity contribution < 1.29 is 17.9 Å². The van der Waals surface area contributed by atoms with E-state index in [1.54, 1.807) is 19.1 Å². The van der Waals surface area contributed by atoms with Gasteiger partial charge in [0.05, 0.1) is 18.1 Å². The SMILES string of the molecule is C[C@H](Cl)C(=O)Nc1cccc(S(=O)(=O)N2CCOCC2)c1. The fraction of sp³-hybridized carbons (Fsp3) is 0.462. The summed E-state index contributed by atoms with van der Waals surface area (Å²) in [6.45, 7) is 2.99. The van der Waals surface area contributed by atoms with Crippen LogP contribution in [0.4, 0.5) is 5.69 Å². The maximum atomic E-state index is 12.5. The lowest BCUT2D eigenvalue weighted by Crippen LogP contribution is -2.40. The summed E-state index contributed by atoms with van der Waals surface area (Å²) in [7, 11) is -3.57. The van der Waals surface area contributed by atoms with E-state index in [2.05, 4.69) is 5.32 Å². The number of anilines is 1. The number of benzene rings is 1. The Bertz CT molecular complexity index is 612. The molecule has 0 radical (unpaired) electrons. The van der Waals surface area contributed by atoms with Crippen LogP contribution in [0.1, 0.15) is 6.92 Å². The molecule has 1 heterocycles. The van der Waals surface area contributed by atoms with Crippen LogP contribution in [0, 0.1) is 0 Å². The van der Waals surface area contributed by atoms with Gasteiger partial charge < -0.3 is 10.1 Å². The monoisotopic (exact) mass is 332 g/mol. The molecule has 1 amide bonds. The smallest absolute Gasteiger partial charge is 0.243 e. The molecule has 1 fully saturated rings. The highest BCUT2D eigenvalue weighted by atomic mass is 35.5. The second-order valence-corrected chi connectivity index (χ2v) is 7.24. The van der Waals surface area contributed by atoms with Crippen LogP contribution < -0.4 is 5.32 Å². The molecule has 1 aliphatic rings. The molecule has 6 nitrogen and oxygen atoms in total. The van der Waals surface area contributed by atoms with E-state index in [4.69, 9.17) is 16.3 Å². The number of alkyl halides is 1. The van der Waals surface area contributed by atoms with Crippen molar-refractivity contribution >= 4 is 33.2 Å². The highest BCUT2D eigenvalue weighted by molar-refractivity contribution is 7.89. The number of hydrogen-bond donors (Lipinski definition) is 1. The van der Waals surface area contributed by atoms with Crippen molar-refractivity contribution in [1.29, 1.82) is 0 Å². The van der Waals surface area contributed by atoms with Crippen molar-refractivity contribution in [2.75, 3.05) is 31.6 Å². The second kappa shape index (κ2) is 6.74. The predicted molar refractivity (Wildman–Crippen MR) is 80.0 cm³/mol. The van der Waals surface area contributed by atoms with Crippen LogP contribution in [0.15, 0.2) is 29.2 Å². The minimum atomic E-state index is -3.57. The molecule has 1 aliphatic heterocycles. The van der Waals surface area contributed by atoms with Crippen molar-refractivity contribution in [3.8, 4) is 0 Å². The van der Waals surface area contributed by atoms with E-state index in [-0.39, 0.29) is 10.8 Å². The molecule has 2 rings (SSSR count). The van der Waals surface area contributed by atoms with Crippen molar-refractivity contribution in [1.82, 2.24) is 4.31 Å². The summed E-state index contributed by atoms with van der Waals surface area (Å²) in [5.74, 6) is -0.377. The largest absolute Gasteiger partial charge is 0.379 e. The molecule has 0 unspecified atom stereocenters. The molecule has 21 heavy (non-hydrogen) atoms. The van der Waals surface area contributed by atoms with Crippen LogP contribution in [0.5, 0.6) is 0 Å². The highest BCUT2D eigenvalue weighted by Crippen LogP contribution is 2.20. The lowest BCUT2D eigenvalue weighted by molar-refractivity contribution is -0.115. The topological polar surface area (TPSA) is 75.7 Å². The van der Waals surface area contributed by atoms with E-state index in [1.807, 2.05) is 0 Å². The summed E-state index contributed by atoms with van der Waals surface area (Å²) < 4.78 is 31.5. The number of ether oxygens (including phenoxy) is 1. The maximum Gasteiger partial charge on any atom is 0.243 e. The Kier molecular flexibility index (Phi) is 5.21. The van der Waals surface area contributed by atoms with Crippen LogP contribution in [-0.2, 0) is 19.6 Å². The number of sulfonamides is 1. The van der Waals surface area contributed by atoms with Crippen molar-refractivity contribution in [2.24, 2.45) is 0 Å². The average Bonchev–Trinajstić information content (AvgIpc) is 2.48. The van der Waals surface area contributed by atoms with Gasteiger partial charge in [0.25, 0.3) is 0 Å². The van der Waals surface area contributed by atoms with E-state index in [1.165, 1.54) is 16.4 Å². The lowest BCUT2D eigenvalue weighted by atomic mass is 10.3. The second-order valence-electron chi connectivity index (χ2n) is 4.65. The third-order valence-electron chi connectivity index (χ3n) is 3.07. The fourth-order valence-electron chi connectivity index (χ4n) is 1.91. The number of hydrogen-bond acceptors (Lipinski definition) is 4. The minimum Gasteiger partial charge on any atom is -0.379 e. The van der Waals surface area contributed by atoms with E-state index in [0.29, 0.717) is 32.0 Å². The van der Waals surface area contributed by atoms with Gasteiger partial charge in [-0.1, -0.05) is 6.07 Å². The fourth-order valence-corrected chi connectivity index (χ4v) is 3.42. The van der Waals surface area contributed by atoms with Crippen LogP contribution in [-0.4, -0.2) is 50.3 Å². The van der Waals surface area contributed by atoms with Crippen LogP contribution in [0.2, 0.25) is 0 Å². The number of rotatable bonds is 4. The van der Waals surface area contributed by atoms with Crippen molar-refractivity contribution in [3.63, 3.8) is 0 Å². The quantitative estimate of drug-likeness (QED) is 0.843. The molecule has 1 aromatic rings. The molecule has 116 valence electrons. The zero-order valence-electron chi connectivity index (χ0n) is 11.6. The molecule has 0 bridgehead atoms. The Morgan fingerprint density at radius 1 is 1.38 bits per heavy atom. The van der Waals surface area contributed by atoms with Gasteiger partial charge in [0.1, 0.15) is 5.38 Å². The summed E-state index contributed by atoms with van der Waals surface area (Å²) in [5.41, 5.74) is 0.404. The molecule has 0 aromatic heterocycles. The van der Waals surface area contributed by atoms with E-state index < -0.39 is 15.4 Å². The van der Waals surface area contributed by atoms with Crippen LogP contribution in [0.3, 0.4) is 0 Å². The zero-order valence-corrected chi connectivity index (χ0v) is 13.2. The first-order chi connectivity index (χ1) is 9.91. The molecule has 1 atom stereocenters. The molecule has 1 N–H and O–H groups in total. The van der Waals surface area contributed by atoms with Gasteiger partial charge in [-0.25, -0.2) is 8.42 Å². The summed E-state index contributed by atoms with van der Waals surface area (Å²) in [6, 6.07) is 6.14. The molecule has 0 aliphatic carbocycles. The Morgan fingerprint density at radius 2 is 2.05 bits per heavy atom. The van der Waals surface area contributed by atoms with E-state index in [9.17, 15) is 13.2 Å². The average molecular weight is 333 g/mol. The molecule has 0 spiro atoms. The first kappa shape index (κ1) is 16.2. The number of nitrogens with one attached hydrogen (secondary N) is 1. The van der Waals surface area contributed by atoms with Crippen LogP contribution in [0.25, 0.3) is 0 Å². The minimum absolute atomic E-state index is 0.143. The van der Waals surface area contributed by atoms with Gasteiger partial charge in [0, 0.05) is 18.8 Å². The maximum absolute atomic E-state index is 12.5. The Balaban J connectivity index is 2.21. The molecule has 0 saturated carbocycles. The molecular weight excluding hydrogens is 316 g/mol. The number of nitrogens with zero attached hydrogens (tertiary/aromatic N) is 1. The van der Waals surface area contributed by atoms with Gasteiger partial charge >= 0.3 is 0 Å².